The first kappa shape index (κ1) is 13.7. The third-order valence-electron chi connectivity index (χ3n) is 3.40. The van der Waals surface area contributed by atoms with Gasteiger partial charge in [-0.2, -0.15) is 0 Å². The molecule has 0 aliphatic carbocycles. The second kappa shape index (κ2) is 5.63. The minimum Gasteiger partial charge on any atom is -0.459 e. The van der Waals surface area contributed by atoms with E-state index in [1.165, 1.54) is 24.3 Å². The molecular weight excluding hydrogens is 274 g/mol. The van der Waals surface area contributed by atoms with E-state index < -0.39 is 0 Å². The maximum Gasteiger partial charge on any atom is 0.134 e. The summed E-state index contributed by atoms with van der Waals surface area (Å²) < 4.78 is 31.8. The van der Waals surface area contributed by atoms with Crippen LogP contribution in [0.2, 0.25) is 0 Å². The van der Waals surface area contributed by atoms with Gasteiger partial charge in [-0.1, -0.05) is 12.1 Å². The summed E-state index contributed by atoms with van der Waals surface area (Å²) in [5.41, 5.74) is 4.20. The Morgan fingerprint density at radius 1 is 1.00 bits per heavy atom. The van der Waals surface area contributed by atoms with Crippen molar-refractivity contribution >= 4 is 11.0 Å². The van der Waals surface area contributed by atoms with Crippen molar-refractivity contribution in [1.29, 1.82) is 0 Å². The van der Waals surface area contributed by atoms with E-state index in [9.17, 15) is 8.78 Å². The van der Waals surface area contributed by atoms with E-state index in [4.69, 9.17) is 10.3 Å². The van der Waals surface area contributed by atoms with E-state index in [1.54, 1.807) is 24.3 Å². The molecule has 0 radical (unpaired) electrons. The van der Waals surface area contributed by atoms with Crippen LogP contribution in [0, 0.1) is 11.6 Å². The summed E-state index contributed by atoms with van der Waals surface area (Å²) in [5, 5.41) is 0.685. The molecule has 3 nitrogen and oxygen atoms in total. The second-order valence-electron chi connectivity index (χ2n) is 4.88. The largest absolute Gasteiger partial charge is 0.459 e. The van der Waals surface area contributed by atoms with Crippen LogP contribution in [0.1, 0.15) is 17.4 Å². The zero-order valence-electron chi connectivity index (χ0n) is 11.1. The standard InChI is InChI=1S/C16H14F2N2O/c17-12-3-1-10(2-4-12)7-14(20-19)16-9-11-8-13(18)5-6-15(11)21-16/h1-6,8-9,14,20H,7,19H2. The average molecular weight is 288 g/mol. The van der Waals surface area contributed by atoms with Crippen molar-refractivity contribution in [3.05, 3.63) is 71.5 Å². The van der Waals surface area contributed by atoms with Crippen molar-refractivity contribution in [2.75, 3.05) is 0 Å². The van der Waals surface area contributed by atoms with Crippen LogP contribution < -0.4 is 11.3 Å². The third kappa shape index (κ3) is 2.94. The smallest absolute Gasteiger partial charge is 0.134 e. The molecule has 0 aliphatic heterocycles. The zero-order chi connectivity index (χ0) is 14.8. The van der Waals surface area contributed by atoms with Gasteiger partial charge in [0, 0.05) is 5.39 Å². The molecule has 1 atom stereocenters. The van der Waals surface area contributed by atoms with Gasteiger partial charge in [0.25, 0.3) is 0 Å². The van der Waals surface area contributed by atoms with Gasteiger partial charge >= 0.3 is 0 Å². The van der Waals surface area contributed by atoms with Crippen LogP contribution in [-0.2, 0) is 6.42 Å². The number of hydrogen-bond acceptors (Lipinski definition) is 3. The molecule has 0 saturated heterocycles. The Kier molecular flexibility index (Phi) is 3.68. The molecule has 0 saturated carbocycles. The molecule has 5 heteroatoms. The highest BCUT2D eigenvalue weighted by Crippen LogP contribution is 2.26. The molecule has 21 heavy (non-hydrogen) atoms. The number of hydrazine groups is 1. The number of furan rings is 1. The summed E-state index contributed by atoms with van der Waals surface area (Å²) in [7, 11) is 0. The van der Waals surface area contributed by atoms with Crippen molar-refractivity contribution in [1.82, 2.24) is 5.43 Å². The van der Waals surface area contributed by atoms with Gasteiger partial charge in [-0.15, -0.1) is 0 Å². The van der Waals surface area contributed by atoms with E-state index in [2.05, 4.69) is 5.43 Å². The topological polar surface area (TPSA) is 51.2 Å². The minimum absolute atomic E-state index is 0.272. The van der Waals surface area contributed by atoms with E-state index in [1.807, 2.05) is 0 Å². The summed E-state index contributed by atoms with van der Waals surface area (Å²) in [6.45, 7) is 0. The summed E-state index contributed by atoms with van der Waals surface area (Å²) in [5.74, 6) is 5.59. The van der Waals surface area contributed by atoms with Gasteiger partial charge in [0.1, 0.15) is 23.0 Å². The number of fused-ring (bicyclic) bond motifs is 1. The van der Waals surface area contributed by atoms with Crippen molar-refractivity contribution in [2.45, 2.75) is 12.5 Å². The predicted octanol–water partition coefficient (Wildman–Crippen LogP) is 3.46. The normalized spacial score (nSPS) is 12.7. The summed E-state index contributed by atoms with van der Waals surface area (Å²) >= 11 is 0. The molecule has 3 N–H and O–H groups in total. The maximum atomic E-state index is 13.2. The monoisotopic (exact) mass is 288 g/mol. The van der Waals surface area contributed by atoms with Crippen LogP contribution in [0.5, 0.6) is 0 Å². The molecule has 0 amide bonds. The van der Waals surface area contributed by atoms with E-state index in [0.29, 0.717) is 23.2 Å². The molecule has 0 fully saturated rings. The van der Waals surface area contributed by atoms with Crippen LogP contribution in [0.4, 0.5) is 8.78 Å². The molecular formula is C16H14F2N2O. The third-order valence-corrected chi connectivity index (χ3v) is 3.40. The fourth-order valence-corrected chi connectivity index (χ4v) is 2.30. The lowest BCUT2D eigenvalue weighted by molar-refractivity contribution is 0.434. The van der Waals surface area contributed by atoms with E-state index in [-0.39, 0.29) is 17.7 Å². The Hall–Kier alpha value is -2.24. The molecule has 0 aliphatic rings. The van der Waals surface area contributed by atoms with Gasteiger partial charge in [0.2, 0.25) is 0 Å². The SMILES string of the molecule is NNC(Cc1ccc(F)cc1)c1cc2cc(F)ccc2o1. The first-order valence-corrected chi connectivity index (χ1v) is 6.55. The molecule has 0 spiro atoms. The van der Waals surface area contributed by atoms with Gasteiger partial charge < -0.3 is 4.42 Å². The fraction of sp³-hybridized carbons (Fsp3) is 0.125. The molecule has 3 aromatic rings. The number of nitrogens with one attached hydrogen (secondary N) is 1. The Balaban J connectivity index is 1.88. The molecule has 1 unspecified atom stereocenters. The summed E-state index contributed by atoms with van der Waals surface area (Å²) in [6, 6.07) is 12.0. The zero-order valence-corrected chi connectivity index (χ0v) is 11.1. The Bertz CT molecular complexity index is 753. The van der Waals surface area contributed by atoms with Crippen molar-refractivity contribution < 1.29 is 13.2 Å². The lowest BCUT2D eigenvalue weighted by atomic mass is 10.0. The molecule has 1 aromatic heterocycles. The quantitative estimate of drug-likeness (QED) is 0.571. The lowest BCUT2D eigenvalue weighted by Crippen LogP contribution is -2.29. The minimum atomic E-state index is -0.314. The second-order valence-corrected chi connectivity index (χ2v) is 4.88. The maximum absolute atomic E-state index is 13.2. The summed E-state index contributed by atoms with van der Waals surface area (Å²) in [4.78, 5) is 0. The first-order valence-electron chi connectivity index (χ1n) is 6.55. The summed E-state index contributed by atoms with van der Waals surface area (Å²) in [6.07, 6.45) is 0.541. The van der Waals surface area contributed by atoms with Crippen LogP contribution >= 0.6 is 0 Å². The van der Waals surface area contributed by atoms with Crippen LogP contribution in [0.3, 0.4) is 0 Å². The van der Waals surface area contributed by atoms with Crippen molar-refractivity contribution in [2.24, 2.45) is 5.84 Å². The van der Waals surface area contributed by atoms with Gasteiger partial charge in [-0.05, 0) is 48.4 Å². The Morgan fingerprint density at radius 2 is 1.71 bits per heavy atom. The van der Waals surface area contributed by atoms with Crippen LogP contribution in [0.15, 0.2) is 52.9 Å². The number of nitrogens with two attached hydrogens (primary N) is 1. The number of hydrogen-bond donors (Lipinski definition) is 2. The van der Waals surface area contributed by atoms with Crippen LogP contribution in [-0.4, -0.2) is 0 Å². The Morgan fingerprint density at radius 3 is 2.43 bits per heavy atom. The molecule has 1 heterocycles. The van der Waals surface area contributed by atoms with Gasteiger partial charge in [0.05, 0.1) is 6.04 Å². The van der Waals surface area contributed by atoms with E-state index in [0.717, 1.165) is 5.56 Å². The highest BCUT2D eigenvalue weighted by atomic mass is 19.1. The number of benzene rings is 2. The lowest BCUT2D eigenvalue weighted by Gasteiger charge is -2.13. The first-order chi connectivity index (χ1) is 10.2. The highest BCUT2D eigenvalue weighted by Gasteiger charge is 2.16. The number of halogens is 2. The van der Waals surface area contributed by atoms with Crippen molar-refractivity contribution in [3.63, 3.8) is 0 Å². The molecule has 2 aromatic carbocycles. The van der Waals surface area contributed by atoms with Crippen molar-refractivity contribution in [3.8, 4) is 0 Å². The molecule has 0 bridgehead atoms. The van der Waals surface area contributed by atoms with Gasteiger partial charge in [-0.25, -0.2) is 14.2 Å². The average Bonchev–Trinajstić information content (AvgIpc) is 2.89. The molecule has 108 valence electrons. The molecule has 3 rings (SSSR count). The predicted molar refractivity (Wildman–Crippen MR) is 76.3 cm³/mol. The van der Waals surface area contributed by atoms with E-state index >= 15 is 0 Å². The van der Waals surface area contributed by atoms with Crippen LogP contribution in [0.25, 0.3) is 11.0 Å². The van der Waals surface area contributed by atoms with Gasteiger partial charge in [0.15, 0.2) is 0 Å². The van der Waals surface area contributed by atoms with Gasteiger partial charge in [-0.3, -0.25) is 5.84 Å². The Labute approximate surface area is 120 Å². The highest BCUT2D eigenvalue weighted by molar-refractivity contribution is 5.78. The number of rotatable bonds is 4. The fourth-order valence-electron chi connectivity index (χ4n) is 2.30.